The summed E-state index contributed by atoms with van der Waals surface area (Å²) in [6.07, 6.45) is 16.5. The number of hydrogen-bond donors (Lipinski definition) is 1. The van der Waals surface area contributed by atoms with E-state index in [1.54, 1.807) is 0 Å². The Morgan fingerprint density at radius 2 is 1.00 bits per heavy atom. The first-order chi connectivity index (χ1) is 7.91. The number of aldehydes is 1. The molecule has 0 aliphatic carbocycles. The Labute approximate surface area is 117 Å². The van der Waals surface area contributed by atoms with Gasteiger partial charge < -0.3 is 27.5 Å². The molecule has 0 amide bonds. The molecule has 0 bridgehead atoms. The summed E-state index contributed by atoms with van der Waals surface area (Å²) in [5.74, 6) is 0. The molecule has 0 saturated heterocycles. The third-order valence-electron chi connectivity index (χ3n) is 3.07. The molecule has 3 heteroatoms. The van der Waals surface area contributed by atoms with Crippen molar-refractivity contribution in [2.75, 3.05) is 6.54 Å². The quantitative estimate of drug-likeness (QED) is 0.381. The zero-order valence-corrected chi connectivity index (χ0v) is 12.8. The second kappa shape index (κ2) is 18.5. The van der Waals surface area contributed by atoms with E-state index in [0.29, 0.717) is 0 Å². The third kappa shape index (κ3) is 18.7. The number of carbonyl (C=O) groups excluding carboxylic acids is 1. The molecule has 104 valence electrons. The summed E-state index contributed by atoms with van der Waals surface area (Å²) >= 11 is 0. The smallest absolute Gasteiger partial charge is 0.119 e. The van der Waals surface area contributed by atoms with Crippen molar-refractivity contribution in [1.29, 1.82) is 0 Å². The molecule has 0 saturated carbocycles. The molecule has 0 aromatic rings. The Morgan fingerprint density at radius 3 is 1.35 bits per heavy atom. The molecule has 0 rings (SSSR count). The van der Waals surface area contributed by atoms with Crippen molar-refractivity contribution >= 4 is 6.29 Å². The van der Waals surface area contributed by atoms with Gasteiger partial charge in [-0.15, -0.1) is 0 Å². The van der Waals surface area contributed by atoms with E-state index in [4.69, 9.17) is 0 Å². The van der Waals surface area contributed by atoms with Gasteiger partial charge in [-0.25, -0.2) is 0 Å². The summed E-state index contributed by atoms with van der Waals surface area (Å²) in [7, 11) is 0. The standard InChI is InChI=1S/C14H29NO.BrH/c15-13-11-9-7-5-3-1-2-4-6-8-10-12-14-16;/h14H,1-13,15H2;1H. The highest BCUT2D eigenvalue weighted by Crippen LogP contribution is 2.11. The molecule has 0 heterocycles. The molecule has 0 atom stereocenters. The minimum absolute atomic E-state index is 0. The normalized spacial score (nSPS) is 9.94. The summed E-state index contributed by atoms with van der Waals surface area (Å²) < 4.78 is 0. The fraction of sp³-hybridized carbons (Fsp3) is 0.929. The lowest BCUT2D eigenvalue weighted by molar-refractivity contribution is -0.368. The van der Waals surface area contributed by atoms with Gasteiger partial charge in [0.15, 0.2) is 0 Å². The molecule has 0 radical (unpaired) electrons. The van der Waals surface area contributed by atoms with Crippen LogP contribution in [0.3, 0.4) is 0 Å². The Morgan fingerprint density at radius 1 is 0.647 bits per heavy atom. The summed E-state index contributed by atoms with van der Waals surface area (Å²) in [5.41, 5.74) is 3.85. The molecule has 0 aliphatic heterocycles. The van der Waals surface area contributed by atoms with E-state index in [1.807, 2.05) is 0 Å². The SMILES string of the molecule is [Br-].[NH3+]CCCCCCCCCCCCCC=O. The lowest BCUT2D eigenvalue weighted by atomic mass is 10.1. The van der Waals surface area contributed by atoms with Gasteiger partial charge in [-0.1, -0.05) is 51.4 Å². The average molecular weight is 308 g/mol. The average Bonchev–Trinajstić information content (AvgIpc) is 2.31. The zero-order valence-electron chi connectivity index (χ0n) is 11.3. The van der Waals surface area contributed by atoms with Crippen LogP contribution in [-0.2, 0) is 4.79 Å². The molecular formula is C14H30BrNO. The van der Waals surface area contributed by atoms with E-state index in [0.717, 1.165) is 25.7 Å². The predicted octanol–water partition coefficient (Wildman–Crippen LogP) is 0.112. The van der Waals surface area contributed by atoms with Gasteiger partial charge in [-0.05, 0) is 19.3 Å². The molecule has 3 N–H and O–H groups in total. The van der Waals surface area contributed by atoms with Gasteiger partial charge in [-0.3, -0.25) is 0 Å². The highest BCUT2D eigenvalue weighted by atomic mass is 79.9. The van der Waals surface area contributed by atoms with Crippen LogP contribution >= 0.6 is 0 Å². The van der Waals surface area contributed by atoms with Crippen LogP contribution < -0.4 is 22.7 Å². The van der Waals surface area contributed by atoms with Crippen molar-refractivity contribution < 1.29 is 27.5 Å². The van der Waals surface area contributed by atoms with Gasteiger partial charge in [-0.2, -0.15) is 0 Å². The maximum absolute atomic E-state index is 10.1. The monoisotopic (exact) mass is 307 g/mol. The summed E-state index contributed by atoms with van der Waals surface area (Å²) in [4.78, 5) is 10.1. The first kappa shape index (κ1) is 19.4. The maximum Gasteiger partial charge on any atom is 0.119 e. The summed E-state index contributed by atoms with van der Waals surface area (Å²) in [6, 6.07) is 0. The minimum atomic E-state index is 0. The third-order valence-corrected chi connectivity index (χ3v) is 3.07. The predicted molar refractivity (Wildman–Crippen MR) is 69.2 cm³/mol. The van der Waals surface area contributed by atoms with Crippen molar-refractivity contribution in [3.63, 3.8) is 0 Å². The maximum atomic E-state index is 10.1. The van der Waals surface area contributed by atoms with Crippen LogP contribution in [0.2, 0.25) is 0 Å². The second-order valence-corrected chi connectivity index (χ2v) is 4.70. The Hall–Kier alpha value is 0.110. The topological polar surface area (TPSA) is 44.7 Å². The largest absolute Gasteiger partial charge is 1.00 e. The number of carbonyl (C=O) groups is 1. The van der Waals surface area contributed by atoms with E-state index in [2.05, 4.69) is 5.73 Å². The highest BCUT2D eigenvalue weighted by molar-refractivity contribution is 5.48. The van der Waals surface area contributed by atoms with Gasteiger partial charge in [0.25, 0.3) is 0 Å². The van der Waals surface area contributed by atoms with Crippen LogP contribution in [-0.4, -0.2) is 12.8 Å². The van der Waals surface area contributed by atoms with Gasteiger partial charge in [0, 0.05) is 6.42 Å². The van der Waals surface area contributed by atoms with Crippen molar-refractivity contribution in [2.45, 2.75) is 77.0 Å². The van der Waals surface area contributed by atoms with Crippen molar-refractivity contribution in [2.24, 2.45) is 0 Å². The van der Waals surface area contributed by atoms with Crippen molar-refractivity contribution in [3.8, 4) is 0 Å². The van der Waals surface area contributed by atoms with Crippen molar-refractivity contribution in [3.05, 3.63) is 0 Å². The fourth-order valence-corrected chi connectivity index (χ4v) is 2.00. The van der Waals surface area contributed by atoms with E-state index < -0.39 is 0 Å². The van der Waals surface area contributed by atoms with Gasteiger partial charge in [0.05, 0.1) is 6.54 Å². The Balaban J connectivity index is 0. The van der Waals surface area contributed by atoms with Crippen LogP contribution in [0.15, 0.2) is 0 Å². The minimum Gasteiger partial charge on any atom is -1.00 e. The summed E-state index contributed by atoms with van der Waals surface area (Å²) in [6.45, 7) is 1.10. The number of rotatable bonds is 13. The van der Waals surface area contributed by atoms with E-state index >= 15 is 0 Å². The van der Waals surface area contributed by atoms with Crippen LogP contribution in [0.5, 0.6) is 0 Å². The lowest BCUT2D eigenvalue weighted by Crippen LogP contribution is -3.00. The molecule has 0 aromatic heterocycles. The highest BCUT2D eigenvalue weighted by Gasteiger charge is 1.93. The Kier molecular flexibility index (Phi) is 21.1. The van der Waals surface area contributed by atoms with Crippen LogP contribution in [0.4, 0.5) is 0 Å². The lowest BCUT2D eigenvalue weighted by Gasteiger charge is -2.01. The van der Waals surface area contributed by atoms with Gasteiger partial charge in [0.2, 0.25) is 0 Å². The fourth-order valence-electron chi connectivity index (χ4n) is 2.00. The van der Waals surface area contributed by atoms with E-state index in [9.17, 15) is 4.79 Å². The first-order valence-corrected chi connectivity index (χ1v) is 7.14. The molecular weight excluding hydrogens is 278 g/mol. The van der Waals surface area contributed by atoms with E-state index in [1.165, 1.54) is 64.2 Å². The number of halogens is 1. The van der Waals surface area contributed by atoms with Crippen LogP contribution in [0.1, 0.15) is 77.0 Å². The molecule has 0 aliphatic rings. The molecule has 0 fully saturated rings. The molecule has 2 nitrogen and oxygen atoms in total. The first-order valence-electron chi connectivity index (χ1n) is 7.14. The molecule has 0 aromatic carbocycles. The molecule has 0 spiro atoms. The number of quaternary nitrogens is 1. The number of hydrogen-bond acceptors (Lipinski definition) is 1. The zero-order chi connectivity index (χ0) is 11.9. The Bertz CT molecular complexity index is 142. The van der Waals surface area contributed by atoms with E-state index in [-0.39, 0.29) is 17.0 Å². The van der Waals surface area contributed by atoms with Gasteiger partial charge in [0.1, 0.15) is 6.29 Å². The second-order valence-electron chi connectivity index (χ2n) is 4.70. The summed E-state index contributed by atoms with van der Waals surface area (Å²) in [5, 5.41) is 0. The van der Waals surface area contributed by atoms with Crippen LogP contribution in [0, 0.1) is 0 Å². The molecule has 17 heavy (non-hydrogen) atoms. The molecule has 0 unspecified atom stereocenters. The van der Waals surface area contributed by atoms with Crippen molar-refractivity contribution in [1.82, 2.24) is 0 Å². The van der Waals surface area contributed by atoms with Gasteiger partial charge >= 0.3 is 0 Å². The van der Waals surface area contributed by atoms with Crippen LogP contribution in [0.25, 0.3) is 0 Å². The number of unbranched alkanes of at least 4 members (excludes halogenated alkanes) is 11.